The molecule has 20 heavy (non-hydrogen) atoms. The van der Waals surface area contributed by atoms with Crippen molar-refractivity contribution in [1.29, 1.82) is 0 Å². The Balaban J connectivity index is 2.25. The lowest BCUT2D eigenvalue weighted by Crippen LogP contribution is -2.62. The fraction of sp³-hybridized carbons (Fsp3) is 0.562. The number of hydrogen-bond acceptors (Lipinski definition) is 3. The van der Waals surface area contributed by atoms with Gasteiger partial charge in [-0.15, -0.1) is 0 Å². The lowest BCUT2D eigenvalue weighted by molar-refractivity contribution is -0.124. The van der Waals surface area contributed by atoms with E-state index in [-0.39, 0.29) is 5.91 Å². The molecule has 1 aliphatic rings. The van der Waals surface area contributed by atoms with Crippen molar-refractivity contribution in [2.45, 2.75) is 32.2 Å². The van der Waals surface area contributed by atoms with Crippen molar-refractivity contribution in [1.82, 2.24) is 5.32 Å². The van der Waals surface area contributed by atoms with Gasteiger partial charge in [0.15, 0.2) is 0 Å². The molecule has 0 radical (unpaired) electrons. The van der Waals surface area contributed by atoms with Crippen molar-refractivity contribution in [2.75, 3.05) is 25.0 Å². The van der Waals surface area contributed by atoms with Gasteiger partial charge in [0.05, 0.1) is 0 Å². The Morgan fingerprint density at radius 3 is 2.65 bits per heavy atom. The van der Waals surface area contributed by atoms with Gasteiger partial charge in [0.1, 0.15) is 5.54 Å². The highest BCUT2D eigenvalue weighted by atomic mass is 16.1. The Morgan fingerprint density at radius 2 is 2.20 bits per heavy atom. The topological polar surface area (TPSA) is 58.4 Å². The Labute approximate surface area is 121 Å². The van der Waals surface area contributed by atoms with E-state index < -0.39 is 5.54 Å². The van der Waals surface area contributed by atoms with Gasteiger partial charge >= 0.3 is 0 Å². The van der Waals surface area contributed by atoms with Gasteiger partial charge in [-0.3, -0.25) is 4.79 Å². The SMILES string of the molecule is CCN(CC(NC)(C(N)=O)C1CC1)c1cccc(C)c1. The van der Waals surface area contributed by atoms with Crippen LogP contribution in [0.15, 0.2) is 24.3 Å². The van der Waals surface area contributed by atoms with Gasteiger partial charge in [0, 0.05) is 18.8 Å². The van der Waals surface area contributed by atoms with Crippen LogP contribution in [0.5, 0.6) is 0 Å². The zero-order valence-electron chi connectivity index (χ0n) is 12.6. The quantitative estimate of drug-likeness (QED) is 0.796. The van der Waals surface area contributed by atoms with E-state index in [1.165, 1.54) is 5.56 Å². The number of nitrogens with zero attached hydrogens (tertiary/aromatic N) is 1. The van der Waals surface area contributed by atoms with Crippen LogP contribution in [0.2, 0.25) is 0 Å². The van der Waals surface area contributed by atoms with Crippen LogP contribution in [0.25, 0.3) is 0 Å². The van der Waals surface area contributed by atoms with Crippen LogP contribution < -0.4 is 16.0 Å². The molecule has 1 aromatic carbocycles. The fourth-order valence-electron chi connectivity index (χ4n) is 2.90. The molecule has 1 amide bonds. The standard InChI is InChI=1S/C16H25N3O/c1-4-19(14-7-5-6-12(2)10-14)11-16(18-3,15(17)20)13-8-9-13/h5-7,10,13,18H,4,8-9,11H2,1-3H3,(H2,17,20). The Kier molecular flexibility index (Phi) is 4.33. The molecule has 1 unspecified atom stereocenters. The first-order valence-electron chi connectivity index (χ1n) is 7.34. The smallest absolute Gasteiger partial charge is 0.239 e. The number of anilines is 1. The molecule has 1 aromatic rings. The van der Waals surface area contributed by atoms with E-state index in [4.69, 9.17) is 5.73 Å². The Morgan fingerprint density at radius 1 is 1.50 bits per heavy atom. The molecule has 4 heteroatoms. The van der Waals surface area contributed by atoms with E-state index in [1.54, 1.807) is 0 Å². The first-order valence-corrected chi connectivity index (χ1v) is 7.34. The molecule has 2 rings (SSSR count). The summed E-state index contributed by atoms with van der Waals surface area (Å²) in [6.07, 6.45) is 2.16. The number of carbonyl (C=O) groups excluding carboxylic acids is 1. The van der Waals surface area contributed by atoms with Gasteiger partial charge in [-0.05, 0) is 57.4 Å². The van der Waals surface area contributed by atoms with Crippen LogP contribution in [-0.4, -0.2) is 31.6 Å². The predicted molar refractivity (Wildman–Crippen MR) is 82.8 cm³/mol. The first kappa shape index (κ1) is 14.9. The van der Waals surface area contributed by atoms with Gasteiger partial charge in [-0.2, -0.15) is 0 Å². The number of benzene rings is 1. The van der Waals surface area contributed by atoms with Gasteiger partial charge in [-0.25, -0.2) is 0 Å². The average molecular weight is 275 g/mol. The summed E-state index contributed by atoms with van der Waals surface area (Å²) in [6.45, 7) is 5.67. The van der Waals surface area contributed by atoms with E-state index in [0.29, 0.717) is 12.5 Å². The number of nitrogens with two attached hydrogens (primary N) is 1. The van der Waals surface area contributed by atoms with Crippen LogP contribution >= 0.6 is 0 Å². The molecule has 0 bridgehead atoms. The number of rotatable bonds is 7. The van der Waals surface area contributed by atoms with Crippen molar-refractivity contribution < 1.29 is 4.79 Å². The summed E-state index contributed by atoms with van der Waals surface area (Å²) in [5.74, 6) is 0.123. The van der Waals surface area contributed by atoms with Crippen LogP contribution in [0.4, 0.5) is 5.69 Å². The lowest BCUT2D eigenvalue weighted by atomic mass is 9.91. The van der Waals surface area contributed by atoms with Crippen LogP contribution in [-0.2, 0) is 4.79 Å². The van der Waals surface area contributed by atoms with E-state index >= 15 is 0 Å². The zero-order valence-corrected chi connectivity index (χ0v) is 12.6. The Hall–Kier alpha value is -1.55. The second-order valence-corrected chi connectivity index (χ2v) is 5.71. The highest BCUT2D eigenvalue weighted by molar-refractivity contribution is 5.86. The number of primary amides is 1. The third kappa shape index (κ3) is 2.80. The molecule has 1 atom stereocenters. The molecule has 1 saturated carbocycles. The first-order chi connectivity index (χ1) is 9.53. The van der Waals surface area contributed by atoms with Crippen molar-refractivity contribution in [2.24, 2.45) is 11.7 Å². The minimum Gasteiger partial charge on any atom is -0.369 e. The molecule has 0 aromatic heterocycles. The molecule has 0 spiro atoms. The minimum atomic E-state index is -0.611. The molecule has 4 nitrogen and oxygen atoms in total. The monoisotopic (exact) mass is 275 g/mol. The van der Waals surface area contributed by atoms with Gasteiger partial charge in [-0.1, -0.05) is 12.1 Å². The van der Waals surface area contributed by atoms with E-state index in [1.807, 2.05) is 7.05 Å². The average Bonchev–Trinajstić information content (AvgIpc) is 3.25. The fourth-order valence-corrected chi connectivity index (χ4v) is 2.90. The summed E-state index contributed by atoms with van der Waals surface area (Å²) in [5.41, 5.74) is 7.47. The maximum Gasteiger partial charge on any atom is 0.239 e. The van der Waals surface area contributed by atoms with Crippen molar-refractivity contribution in [3.05, 3.63) is 29.8 Å². The van der Waals surface area contributed by atoms with Crippen LogP contribution in [0.3, 0.4) is 0 Å². The normalized spacial score (nSPS) is 17.6. The molecule has 1 aliphatic carbocycles. The number of hydrogen-bond donors (Lipinski definition) is 2. The highest BCUT2D eigenvalue weighted by Crippen LogP contribution is 2.40. The van der Waals surface area contributed by atoms with E-state index in [9.17, 15) is 4.79 Å². The largest absolute Gasteiger partial charge is 0.369 e. The van der Waals surface area contributed by atoms with Crippen molar-refractivity contribution in [3.63, 3.8) is 0 Å². The number of amides is 1. The third-order valence-electron chi connectivity index (χ3n) is 4.35. The number of nitrogens with one attached hydrogen (secondary N) is 1. The van der Waals surface area contributed by atoms with Crippen LogP contribution in [0.1, 0.15) is 25.3 Å². The Bertz CT molecular complexity index is 484. The second-order valence-electron chi connectivity index (χ2n) is 5.71. The highest BCUT2D eigenvalue weighted by Gasteiger charge is 2.49. The van der Waals surface area contributed by atoms with Crippen molar-refractivity contribution >= 4 is 11.6 Å². The summed E-state index contributed by atoms with van der Waals surface area (Å²) in [5, 5.41) is 3.21. The van der Waals surface area contributed by atoms with E-state index in [0.717, 1.165) is 25.1 Å². The van der Waals surface area contributed by atoms with Gasteiger partial charge in [0.25, 0.3) is 0 Å². The van der Waals surface area contributed by atoms with Gasteiger partial charge in [0.2, 0.25) is 5.91 Å². The maximum atomic E-state index is 12.0. The van der Waals surface area contributed by atoms with E-state index in [2.05, 4.69) is 48.3 Å². The third-order valence-corrected chi connectivity index (χ3v) is 4.35. The molecule has 0 aliphatic heterocycles. The zero-order chi connectivity index (χ0) is 14.8. The second kappa shape index (κ2) is 5.83. The molecule has 3 N–H and O–H groups in total. The van der Waals surface area contributed by atoms with Gasteiger partial charge < -0.3 is 16.0 Å². The maximum absolute atomic E-state index is 12.0. The predicted octanol–water partition coefficient (Wildman–Crippen LogP) is 1.67. The molecule has 0 saturated heterocycles. The number of likely N-dealkylation sites (N-methyl/N-ethyl adjacent to an activating group) is 2. The molecule has 0 heterocycles. The van der Waals surface area contributed by atoms with Crippen molar-refractivity contribution in [3.8, 4) is 0 Å². The number of aryl methyl sites for hydroxylation is 1. The summed E-state index contributed by atoms with van der Waals surface area (Å²) in [7, 11) is 1.84. The molecule has 110 valence electrons. The molecular weight excluding hydrogens is 250 g/mol. The minimum absolute atomic E-state index is 0.242. The summed E-state index contributed by atoms with van der Waals surface area (Å²) >= 11 is 0. The molecular formula is C16H25N3O. The lowest BCUT2D eigenvalue weighted by Gasteiger charge is -2.37. The molecule has 1 fully saturated rings. The summed E-state index contributed by atoms with van der Waals surface area (Å²) in [4.78, 5) is 14.2. The number of carbonyl (C=O) groups is 1. The summed E-state index contributed by atoms with van der Waals surface area (Å²) in [6, 6.07) is 8.37. The summed E-state index contributed by atoms with van der Waals surface area (Å²) < 4.78 is 0. The van der Waals surface area contributed by atoms with Crippen LogP contribution in [0, 0.1) is 12.8 Å².